The van der Waals surface area contributed by atoms with E-state index in [9.17, 15) is 0 Å². The van der Waals surface area contributed by atoms with E-state index in [0.717, 1.165) is 4.08 Å². The first-order chi connectivity index (χ1) is 3.91. The molecule has 0 N–H and O–H groups in total. The molecule has 2 saturated heterocycles. The maximum absolute atomic E-state index is 2.19. The summed E-state index contributed by atoms with van der Waals surface area (Å²) < 4.78 is 0.750. The molecular formula is C6H10S2. The van der Waals surface area contributed by atoms with Crippen LogP contribution in [0, 0.1) is 0 Å². The lowest BCUT2D eigenvalue weighted by molar-refractivity contribution is 0.684. The van der Waals surface area contributed by atoms with E-state index in [0.29, 0.717) is 0 Å². The van der Waals surface area contributed by atoms with Crippen LogP contribution in [0.2, 0.25) is 0 Å². The average Bonchev–Trinajstić information content (AvgIpc) is 2.07. The molecule has 0 saturated carbocycles. The molecule has 0 aromatic heterocycles. The summed E-state index contributed by atoms with van der Waals surface area (Å²) in [4.78, 5) is 0. The molecule has 2 heteroatoms. The van der Waals surface area contributed by atoms with Gasteiger partial charge in [-0.3, -0.25) is 0 Å². The van der Waals surface area contributed by atoms with Crippen LogP contribution < -0.4 is 0 Å². The maximum Gasteiger partial charge on any atom is 0.0619 e. The van der Waals surface area contributed by atoms with Crippen molar-refractivity contribution in [1.82, 2.24) is 0 Å². The highest BCUT2D eigenvalue weighted by molar-refractivity contribution is 8.19. The standard InChI is InChI=1S/C6H10S2/c1-2-6(7-4-1)3-5-8-6/h1-5H2. The second-order valence-corrected chi connectivity index (χ2v) is 5.68. The predicted octanol–water partition coefficient (Wildman–Crippen LogP) is 2.35. The molecule has 2 rings (SSSR count). The first kappa shape index (κ1) is 5.48. The minimum atomic E-state index is 0.750. The van der Waals surface area contributed by atoms with Crippen molar-refractivity contribution in [3.63, 3.8) is 0 Å². The van der Waals surface area contributed by atoms with E-state index in [-0.39, 0.29) is 0 Å². The summed E-state index contributed by atoms with van der Waals surface area (Å²) in [6.45, 7) is 0. The largest absolute Gasteiger partial charge is 0.144 e. The summed E-state index contributed by atoms with van der Waals surface area (Å²) in [7, 11) is 0. The van der Waals surface area contributed by atoms with Crippen molar-refractivity contribution in [2.45, 2.75) is 23.3 Å². The van der Waals surface area contributed by atoms with Gasteiger partial charge in [0.2, 0.25) is 0 Å². The molecule has 0 amide bonds. The van der Waals surface area contributed by atoms with E-state index in [4.69, 9.17) is 0 Å². The molecule has 0 aromatic rings. The Kier molecular flexibility index (Phi) is 1.26. The second-order valence-electron chi connectivity index (χ2n) is 2.46. The van der Waals surface area contributed by atoms with Crippen LogP contribution in [0.5, 0.6) is 0 Å². The first-order valence-electron chi connectivity index (χ1n) is 3.19. The SMILES string of the molecule is C1CSC2(C1)CCS2. The Bertz CT molecular complexity index is 88.7. The highest BCUT2D eigenvalue weighted by Gasteiger charge is 2.40. The molecule has 46 valence electrons. The van der Waals surface area contributed by atoms with Crippen LogP contribution in [0.25, 0.3) is 0 Å². The lowest BCUT2D eigenvalue weighted by Crippen LogP contribution is -2.26. The molecule has 1 spiro atoms. The fraction of sp³-hybridized carbons (Fsp3) is 1.00. The summed E-state index contributed by atoms with van der Waals surface area (Å²) in [6.07, 6.45) is 4.45. The Morgan fingerprint density at radius 2 is 1.88 bits per heavy atom. The van der Waals surface area contributed by atoms with Gasteiger partial charge in [0.1, 0.15) is 0 Å². The van der Waals surface area contributed by atoms with Crippen molar-refractivity contribution < 1.29 is 0 Å². The third-order valence-corrected chi connectivity index (χ3v) is 5.39. The maximum atomic E-state index is 2.19. The first-order valence-corrected chi connectivity index (χ1v) is 5.16. The lowest BCUT2D eigenvalue weighted by atomic mass is 10.2. The topological polar surface area (TPSA) is 0 Å². The molecule has 1 unspecified atom stereocenters. The summed E-state index contributed by atoms with van der Waals surface area (Å²) in [5.74, 6) is 2.85. The summed E-state index contributed by atoms with van der Waals surface area (Å²) in [5, 5.41) is 0. The lowest BCUT2D eigenvalue weighted by Gasteiger charge is -2.36. The van der Waals surface area contributed by atoms with Gasteiger partial charge in [-0.05, 0) is 30.8 Å². The molecule has 1 atom stereocenters. The Hall–Kier alpha value is 0.700. The summed E-state index contributed by atoms with van der Waals surface area (Å²) in [5.41, 5.74) is 0. The number of rotatable bonds is 0. The highest BCUT2D eigenvalue weighted by Crippen LogP contribution is 2.56. The van der Waals surface area contributed by atoms with Gasteiger partial charge in [-0.2, -0.15) is 0 Å². The smallest absolute Gasteiger partial charge is 0.0619 e. The van der Waals surface area contributed by atoms with E-state index >= 15 is 0 Å². The Labute approximate surface area is 58.8 Å². The second kappa shape index (κ2) is 1.84. The fourth-order valence-electron chi connectivity index (χ4n) is 1.31. The van der Waals surface area contributed by atoms with Gasteiger partial charge < -0.3 is 0 Å². The Morgan fingerprint density at radius 1 is 1.00 bits per heavy atom. The molecule has 0 bridgehead atoms. The number of hydrogen-bond acceptors (Lipinski definition) is 2. The van der Waals surface area contributed by atoms with E-state index in [1.165, 1.54) is 30.8 Å². The fourth-order valence-corrected chi connectivity index (χ4v) is 4.44. The zero-order valence-electron chi connectivity index (χ0n) is 4.85. The molecule has 8 heavy (non-hydrogen) atoms. The van der Waals surface area contributed by atoms with E-state index in [2.05, 4.69) is 23.5 Å². The van der Waals surface area contributed by atoms with Gasteiger partial charge in [0.05, 0.1) is 4.08 Å². The molecule has 2 aliphatic rings. The molecule has 0 aliphatic carbocycles. The minimum absolute atomic E-state index is 0.750. The van der Waals surface area contributed by atoms with Gasteiger partial charge in [-0.25, -0.2) is 0 Å². The molecular weight excluding hydrogens is 136 g/mol. The van der Waals surface area contributed by atoms with Gasteiger partial charge in [-0.15, -0.1) is 23.5 Å². The van der Waals surface area contributed by atoms with Crippen molar-refractivity contribution in [2.75, 3.05) is 11.5 Å². The molecule has 2 heterocycles. The van der Waals surface area contributed by atoms with E-state index in [1.807, 2.05) is 0 Å². The molecule has 2 fully saturated rings. The highest BCUT2D eigenvalue weighted by atomic mass is 32.2. The van der Waals surface area contributed by atoms with E-state index < -0.39 is 0 Å². The van der Waals surface area contributed by atoms with Gasteiger partial charge in [0.15, 0.2) is 0 Å². The Balaban J connectivity index is 2.01. The zero-order valence-corrected chi connectivity index (χ0v) is 6.49. The van der Waals surface area contributed by atoms with Crippen LogP contribution in [0.4, 0.5) is 0 Å². The summed E-state index contributed by atoms with van der Waals surface area (Å²) >= 11 is 4.37. The molecule has 0 aromatic carbocycles. The number of thioether (sulfide) groups is 2. The Morgan fingerprint density at radius 3 is 2.12 bits per heavy atom. The van der Waals surface area contributed by atoms with Crippen LogP contribution in [0.1, 0.15) is 19.3 Å². The zero-order chi connectivity index (χ0) is 5.45. The summed E-state index contributed by atoms with van der Waals surface area (Å²) in [6, 6.07) is 0. The molecule has 2 aliphatic heterocycles. The minimum Gasteiger partial charge on any atom is -0.144 e. The van der Waals surface area contributed by atoms with E-state index in [1.54, 1.807) is 0 Å². The normalized spacial score (nSPS) is 45.0. The van der Waals surface area contributed by atoms with Crippen molar-refractivity contribution >= 4 is 23.5 Å². The van der Waals surface area contributed by atoms with Gasteiger partial charge in [-0.1, -0.05) is 0 Å². The van der Waals surface area contributed by atoms with Crippen molar-refractivity contribution in [3.8, 4) is 0 Å². The molecule has 0 nitrogen and oxygen atoms in total. The van der Waals surface area contributed by atoms with Gasteiger partial charge >= 0.3 is 0 Å². The van der Waals surface area contributed by atoms with Crippen molar-refractivity contribution in [2.24, 2.45) is 0 Å². The quantitative estimate of drug-likeness (QED) is 0.514. The van der Waals surface area contributed by atoms with Crippen LogP contribution >= 0.6 is 23.5 Å². The predicted molar refractivity (Wildman–Crippen MR) is 41.5 cm³/mol. The van der Waals surface area contributed by atoms with Crippen molar-refractivity contribution in [3.05, 3.63) is 0 Å². The van der Waals surface area contributed by atoms with Crippen LogP contribution in [-0.2, 0) is 0 Å². The third-order valence-electron chi connectivity index (χ3n) is 1.92. The monoisotopic (exact) mass is 146 g/mol. The average molecular weight is 146 g/mol. The van der Waals surface area contributed by atoms with Crippen LogP contribution in [0.3, 0.4) is 0 Å². The van der Waals surface area contributed by atoms with Gasteiger partial charge in [0.25, 0.3) is 0 Å². The van der Waals surface area contributed by atoms with Crippen molar-refractivity contribution in [1.29, 1.82) is 0 Å². The van der Waals surface area contributed by atoms with Gasteiger partial charge in [0, 0.05) is 0 Å². The van der Waals surface area contributed by atoms with Crippen LogP contribution in [-0.4, -0.2) is 15.6 Å². The molecule has 0 radical (unpaired) electrons. The third kappa shape index (κ3) is 0.695. The number of hydrogen-bond donors (Lipinski definition) is 0. The van der Waals surface area contributed by atoms with Crippen LogP contribution in [0.15, 0.2) is 0 Å².